The van der Waals surface area contributed by atoms with Crippen LogP contribution in [0.3, 0.4) is 0 Å². The number of methoxy groups -OCH3 is 1. The average Bonchev–Trinajstić information content (AvgIpc) is 2.32. The molecule has 1 aromatic heterocycles. The van der Waals surface area contributed by atoms with E-state index in [1.54, 1.807) is 7.11 Å². The van der Waals surface area contributed by atoms with Gasteiger partial charge in [-0.05, 0) is 40.9 Å². The Morgan fingerprint density at radius 1 is 1.41 bits per heavy atom. The largest absolute Gasteiger partial charge is 0.479 e. The molecule has 1 unspecified atom stereocenters. The van der Waals surface area contributed by atoms with E-state index in [0.29, 0.717) is 11.8 Å². The predicted molar refractivity (Wildman–Crippen MR) is 73.0 cm³/mol. The summed E-state index contributed by atoms with van der Waals surface area (Å²) >= 11 is 3.34. The van der Waals surface area contributed by atoms with Crippen molar-refractivity contribution in [2.75, 3.05) is 12.0 Å². The molecule has 2 heterocycles. The van der Waals surface area contributed by atoms with Crippen molar-refractivity contribution in [1.29, 1.82) is 0 Å². The lowest BCUT2D eigenvalue weighted by molar-refractivity contribution is 0.398. The third-order valence-corrected chi connectivity index (χ3v) is 3.32. The summed E-state index contributed by atoms with van der Waals surface area (Å²) in [5, 5.41) is 0. The van der Waals surface area contributed by atoms with Gasteiger partial charge in [-0.25, -0.2) is 4.98 Å². The smallest absolute Gasteiger partial charge is 0.239 e. The van der Waals surface area contributed by atoms with Crippen LogP contribution in [0.4, 0.5) is 5.69 Å². The van der Waals surface area contributed by atoms with Gasteiger partial charge in [-0.15, -0.1) is 0 Å². The minimum Gasteiger partial charge on any atom is -0.479 e. The monoisotopic (exact) mass is 294 g/mol. The molecule has 2 rings (SSSR count). The molecule has 90 valence electrons. The zero-order valence-corrected chi connectivity index (χ0v) is 11.7. The van der Waals surface area contributed by atoms with Crippen LogP contribution in [0.2, 0.25) is 0 Å². The first kappa shape index (κ1) is 12.2. The summed E-state index contributed by atoms with van der Waals surface area (Å²) < 4.78 is 6.07. The van der Waals surface area contributed by atoms with Crippen molar-refractivity contribution in [2.24, 2.45) is 5.92 Å². The second-order valence-electron chi connectivity index (χ2n) is 4.07. The topological polar surface area (TPSA) is 25.4 Å². The Kier molecular flexibility index (Phi) is 3.52. The van der Waals surface area contributed by atoms with Gasteiger partial charge < -0.3 is 9.64 Å². The van der Waals surface area contributed by atoms with Gasteiger partial charge in [-0.2, -0.15) is 0 Å². The van der Waals surface area contributed by atoms with Gasteiger partial charge in [0.2, 0.25) is 5.88 Å². The quantitative estimate of drug-likeness (QED) is 0.777. The standard InChI is InChI=1S/C13H15BrN2O/c1-9-6-7-16(8-10(9)2)11-4-5-12(14)15-13(11)17-3/h4-9H,1-3H3. The van der Waals surface area contributed by atoms with E-state index in [-0.39, 0.29) is 0 Å². The number of rotatable bonds is 2. The van der Waals surface area contributed by atoms with Gasteiger partial charge in [0.05, 0.1) is 7.11 Å². The number of hydrogen-bond donors (Lipinski definition) is 0. The number of hydrogen-bond acceptors (Lipinski definition) is 3. The van der Waals surface area contributed by atoms with E-state index in [1.807, 2.05) is 23.2 Å². The molecule has 0 N–H and O–H groups in total. The molecule has 1 atom stereocenters. The molecular formula is C13H15BrN2O. The van der Waals surface area contributed by atoms with Crippen molar-refractivity contribution in [3.8, 4) is 5.88 Å². The fourth-order valence-electron chi connectivity index (χ4n) is 1.66. The highest BCUT2D eigenvalue weighted by Gasteiger charge is 2.14. The maximum absolute atomic E-state index is 5.30. The van der Waals surface area contributed by atoms with Gasteiger partial charge in [-0.1, -0.05) is 18.6 Å². The second kappa shape index (κ2) is 4.92. The van der Waals surface area contributed by atoms with E-state index in [9.17, 15) is 0 Å². The van der Waals surface area contributed by atoms with Gasteiger partial charge >= 0.3 is 0 Å². The summed E-state index contributed by atoms with van der Waals surface area (Å²) in [5.41, 5.74) is 2.26. The summed E-state index contributed by atoms with van der Waals surface area (Å²) in [4.78, 5) is 6.34. The number of allylic oxidation sites excluding steroid dienone is 2. The third kappa shape index (κ3) is 2.52. The molecule has 1 aromatic rings. The minimum atomic E-state index is 0.487. The maximum Gasteiger partial charge on any atom is 0.239 e. The minimum absolute atomic E-state index is 0.487. The Bertz CT molecular complexity index is 482. The van der Waals surface area contributed by atoms with E-state index in [2.05, 4.69) is 47.0 Å². The first-order valence-corrected chi connectivity index (χ1v) is 6.26. The van der Waals surface area contributed by atoms with Crippen LogP contribution < -0.4 is 9.64 Å². The first-order valence-electron chi connectivity index (χ1n) is 5.47. The molecule has 4 heteroatoms. The lowest BCUT2D eigenvalue weighted by Gasteiger charge is -2.24. The van der Waals surface area contributed by atoms with Crippen molar-refractivity contribution in [1.82, 2.24) is 4.98 Å². The molecule has 0 spiro atoms. The molecule has 1 aliphatic heterocycles. The van der Waals surface area contributed by atoms with Gasteiger partial charge in [-0.3, -0.25) is 0 Å². The van der Waals surface area contributed by atoms with Crippen molar-refractivity contribution < 1.29 is 4.74 Å². The van der Waals surface area contributed by atoms with Gasteiger partial charge in [0.25, 0.3) is 0 Å². The number of nitrogens with zero attached hydrogens (tertiary/aromatic N) is 2. The molecule has 0 radical (unpaired) electrons. The number of pyridine rings is 1. The predicted octanol–water partition coefficient (Wildman–Crippen LogP) is 3.73. The molecule has 0 fully saturated rings. The first-order chi connectivity index (χ1) is 8.11. The maximum atomic E-state index is 5.30. The SMILES string of the molecule is COc1nc(Br)ccc1N1C=CC(C)C(C)=C1. The van der Waals surface area contributed by atoms with Crippen LogP contribution >= 0.6 is 15.9 Å². The Balaban J connectivity index is 2.38. The van der Waals surface area contributed by atoms with Crippen LogP contribution in [-0.2, 0) is 0 Å². The zero-order chi connectivity index (χ0) is 12.4. The molecule has 1 aliphatic rings. The van der Waals surface area contributed by atoms with E-state index in [0.717, 1.165) is 10.3 Å². The highest BCUT2D eigenvalue weighted by Crippen LogP contribution is 2.31. The molecule has 0 bridgehead atoms. The Morgan fingerprint density at radius 2 is 2.18 bits per heavy atom. The van der Waals surface area contributed by atoms with Crippen LogP contribution in [0.25, 0.3) is 0 Å². The molecule has 0 aliphatic carbocycles. The van der Waals surface area contributed by atoms with Crippen molar-refractivity contribution in [2.45, 2.75) is 13.8 Å². The number of ether oxygens (including phenoxy) is 1. The average molecular weight is 295 g/mol. The van der Waals surface area contributed by atoms with Crippen LogP contribution in [0.15, 0.2) is 40.8 Å². The summed E-state index contributed by atoms with van der Waals surface area (Å²) in [7, 11) is 1.63. The molecular weight excluding hydrogens is 280 g/mol. The fourth-order valence-corrected chi connectivity index (χ4v) is 1.95. The lowest BCUT2D eigenvalue weighted by Crippen LogP contribution is -2.15. The van der Waals surface area contributed by atoms with E-state index >= 15 is 0 Å². The zero-order valence-electron chi connectivity index (χ0n) is 10.1. The number of halogens is 1. The molecule has 0 saturated carbocycles. The van der Waals surface area contributed by atoms with E-state index in [1.165, 1.54) is 5.57 Å². The van der Waals surface area contributed by atoms with Crippen LogP contribution in [0, 0.1) is 5.92 Å². The van der Waals surface area contributed by atoms with Gasteiger partial charge in [0, 0.05) is 12.4 Å². The Hall–Kier alpha value is -1.29. The van der Waals surface area contributed by atoms with Crippen molar-refractivity contribution in [3.05, 3.63) is 40.8 Å². The molecule has 0 saturated heterocycles. The van der Waals surface area contributed by atoms with Crippen LogP contribution in [0.5, 0.6) is 5.88 Å². The molecule has 0 amide bonds. The van der Waals surface area contributed by atoms with Crippen molar-refractivity contribution >= 4 is 21.6 Å². The highest BCUT2D eigenvalue weighted by molar-refractivity contribution is 9.10. The Morgan fingerprint density at radius 3 is 2.82 bits per heavy atom. The summed E-state index contributed by atoms with van der Waals surface area (Å²) in [6.45, 7) is 4.30. The lowest BCUT2D eigenvalue weighted by atomic mass is 10.0. The third-order valence-electron chi connectivity index (χ3n) is 2.87. The normalized spacial score (nSPS) is 19.2. The summed E-state index contributed by atoms with van der Waals surface area (Å²) in [5.74, 6) is 1.10. The molecule has 17 heavy (non-hydrogen) atoms. The molecule has 3 nitrogen and oxygen atoms in total. The number of aromatic nitrogens is 1. The summed E-state index contributed by atoms with van der Waals surface area (Å²) in [6.07, 6.45) is 6.32. The second-order valence-corrected chi connectivity index (χ2v) is 4.89. The molecule has 0 aromatic carbocycles. The highest BCUT2D eigenvalue weighted by atomic mass is 79.9. The van der Waals surface area contributed by atoms with Gasteiger partial charge in [0.15, 0.2) is 0 Å². The van der Waals surface area contributed by atoms with Crippen molar-refractivity contribution in [3.63, 3.8) is 0 Å². The fraction of sp³-hybridized carbons (Fsp3) is 0.308. The number of anilines is 1. The summed E-state index contributed by atoms with van der Waals surface area (Å²) in [6, 6.07) is 3.90. The van der Waals surface area contributed by atoms with E-state index < -0.39 is 0 Å². The van der Waals surface area contributed by atoms with Crippen LogP contribution in [0.1, 0.15) is 13.8 Å². The van der Waals surface area contributed by atoms with Gasteiger partial charge in [0.1, 0.15) is 10.3 Å². The Labute approximate surface area is 110 Å². The van der Waals surface area contributed by atoms with E-state index in [4.69, 9.17) is 4.74 Å². The van der Waals surface area contributed by atoms with Crippen LogP contribution in [-0.4, -0.2) is 12.1 Å².